The van der Waals surface area contributed by atoms with Crippen molar-refractivity contribution in [3.05, 3.63) is 106 Å². The first-order chi connectivity index (χ1) is 20.1. The van der Waals surface area contributed by atoms with Crippen LogP contribution in [0.2, 0.25) is 0 Å². The molecular weight excluding hydrogens is 589 g/mol. The van der Waals surface area contributed by atoms with E-state index in [1.807, 2.05) is 44.2 Å². The quantitative estimate of drug-likeness (QED) is 0.121. The molecule has 0 aliphatic rings. The van der Waals surface area contributed by atoms with Gasteiger partial charge in [0.1, 0.15) is 28.7 Å². The fourth-order valence-electron chi connectivity index (χ4n) is 3.77. The standard InChI is InChI=1S/C16H13F3O5S.C15H14O3/c1-10-4-3-5-12(6-10)23-13-7-11(2)14(9-20)15(8-13)24-25(21,22)16(17,18)19;1-10-4-3-5-12(6-10)18-13-7-11(2)14(9-16)15(17)8-13/h3-9H,1-2H3;3-9,17H,1-2H3. The van der Waals surface area contributed by atoms with E-state index in [2.05, 4.69) is 4.18 Å². The molecule has 0 bridgehead atoms. The van der Waals surface area contributed by atoms with E-state index in [-0.39, 0.29) is 28.9 Å². The van der Waals surface area contributed by atoms with Gasteiger partial charge in [0.15, 0.2) is 18.3 Å². The number of ether oxygens (including phenoxy) is 2. The molecule has 0 fully saturated rings. The second kappa shape index (κ2) is 13.4. The van der Waals surface area contributed by atoms with Crippen LogP contribution in [0.15, 0.2) is 72.8 Å². The molecule has 0 spiro atoms. The summed E-state index contributed by atoms with van der Waals surface area (Å²) in [5.74, 6) is 0.820. The van der Waals surface area contributed by atoms with Gasteiger partial charge in [-0.15, -0.1) is 0 Å². The van der Waals surface area contributed by atoms with Crippen molar-refractivity contribution < 1.29 is 49.9 Å². The lowest BCUT2D eigenvalue weighted by Crippen LogP contribution is -2.28. The number of halogens is 3. The molecule has 43 heavy (non-hydrogen) atoms. The molecule has 1 N–H and O–H groups in total. The molecule has 12 heteroatoms. The predicted octanol–water partition coefficient (Wildman–Crippen LogP) is 7.75. The van der Waals surface area contributed by atoms with E-state index in [9.17, 15) is 36.3 Å². The van der Waals surface area contributed by atoms with Crippen LogP contribution in [0.3, 0.4) is 0 Å². The smallest absolute Gasteiger partial charge is 0.507 e. The summed E-state index contributed by atoms with van der Waals surface area (Å²) in [4.78, 5) is 21.9. The van der Waals surface area contributed by atoms with Crippen molar-refractivity contribution >= 4 is 22.7 Å². The van der Waals surface area contributed by atoms with Crippen molar-refractivity contribution in [3.63, 3.8) is 0 Å². The highest BCUT2D eigenvalue weighted by molar-refractivity contribution is 7.88. The topological polar surface area (TPSA) is 116 Å². The van der Waals surface area contributed by atoms with E-state index in [0.29, 0.717) is 34.7 Å². The van der Waals surface area contributed by atoms with Crippen LogP contribution in [-0.2, 0) is 10.1 Å². The molecule has 4 aromatic rings. The second-order valence-electron chi connectivity index (χ2n) is 9.38. The van der Waals surface area contributed by atoms with Crippen LogP contribution >= 0.6 is 0 Å². The maximum Gasteiger partial charge on any atom is 0.534 e. The van der Waals surface area contributed by atoms with Crippen LogP contribution in [0.1, 0.15) is 43.0 Å². The summed E-state index contributed by atoms with van der Waals surface area (Å²) >= 11 is 0. The zero-order valence-electron chi connectivity index (χ0n) is 23.4. The molecule has 0 saturated heterocycles. The van der Waals surface area contributed by atoms with Gasteiger partial charge in [-0.25, -0.2) is 0 Å². The third-order valence-electron chi connectivity index (χ3n) is 5.83. The number of aryl methyl sites for hydroxylation is 4. The van der Waals surface area contributed by atoms with E-state index in [1.165, 1.54) is 19.1 Å². The zero-order valence-corrected chi connectivity index (χ0v) is 24.2. The predicted molar refractivity (Wildman–Crippen MR) is 153 cm³/mol. The maximum absolute atomic E-state index is 12.5. The summed E-state index contributed by atoms with van der Waals surface area (Å²) in [5.41, 5.74) is -2.77. The molecule has 0 aliphatic carbocycles. The van der Waals surface area contributed by atoms with Crippen molar-refractivity contribution in [3.8, 4) is 34.5 Å². The van der Waals surface area contributed by atoms with Gasteiger partial charge in [0.2, 0.25) is 0 Å². The molecule has 0 unspecified atom stereocenters. The van der Waals surface area contributed by atoms with Crippen molar-refractivity contribution in [2.24, 2.45) is 0 Å². The number of rotatable bonds is 8. The average molecular weight is 617 g/mol. The normalized spacial score (nSPS) is 11.1. The van der Waals surface area contributed by atoms with Crippen molar-refractivity contribution in [1.82, 2.24) is 0 Å². The molecule has 4 aromatic carbocycles. The monoisotopic (exact) mass is 616 g/mol. The van der Waals surface area contributed by atoms with Gasteiger partial charge in [-0.2, -0.15) is 21.6 Å². The van der Waals surface area contributed by atoms with E-state index in [1.54, 1.807) is 31.2 Å². The maximum atomic E-state index is 12.5. The molecule has 0 saturated carbocycles. The molecule has 0 atom stereocenters. The summed E-state index contributed by atoms with van der Waals surface area (Å²) in [5, 5.41) is 9.69. The van der Waals surface area contributed by atoms with E-state index in [0.717, 1.165) is 17.2 Å². The zero-order chi connectivity index (χ0) is 31.9. The molecule has 8 nitrogen and oxygen atoms in total. The minimum atomic E-state index is -5.91. The highest BCUT2D eigenvalue weighted by atomic mass is 32.2. The van der Waals surface area contributed by atoms with Gasteiger partial charge < -0.3 is 18.8 Å². The molecule has 0 amide bonds. The second-order valence-corrected chi connectivity index (χ2v) is 10.9. The molecule has 0 heterocycles. The lowest BCUT2D eigenvalue weighted by atomic mass is 10.1. The summed E-state index contributed by atoms with van der Waals surface area (Å²) in [6.07, 6.45) is 0.855. The van der Waals surface area contributed by atoms with E-state index < -0.39 is 21.4 Å². The molecular formula is C31H27F3O8S. The summed E-state index contributed by atoms with van der Waals surface area (Å²) in [6.45, 7) is 6.97. The Morgan fingerprint density at radius 2 is 1.14 bits per heavy atom. The third kappa shape index (κ3) is 8.58. The minimum absolute atomic E-state index is 0.0288. The molecule has 0 aliphatic heterocycles. The first-order valence-corrected chi connectivity index (χ1v) is 13.9. The third-order valence-corrected chi connectivity index (χ3v) is 6.80. The van der Waals surface area contributed by atoms with Gasteiger partial charge in [0, 0.05) is 12.1 Å². The first kappa shape index (κ1) is 32.7. The minimum Gasteiger partial charge on any atom is -0.507 e. The Labute approximate surface area is 246 Å². The van der Waals surface area contributed by atoms with Crippen LogP contribution in [0.5, 0.6) is 34.5 Å². The Morgan fingerprint density at radius 1 is 0.674 bits per heavy atom. The highest BCUT2D eigenvalue weighted by Gasteiger charge is 2.49. The number of hydrogen-bond donors (Lipinski definition) is 1. The molecule has 4 rings (SSSR count). The summed E-state index contributed by atoms with van der Waals surface area (Å²) in [7, 11) is -5.91. The number of benzene rings is 4. The highest BCUT2D eigenvalue weighted by Crippen LogP contribution is 2.35. The summed E-state index contributed by atoms with van der Waals surface area (Å²) < 4.78 is 75.2. The number of hydrogen-bond acceptors (Lipinski definition) is 8. The van der Waals surface area contributed by atoms with Crippen LogP contribution in [0, 0.1) is 27.7 Å². The van der Waals surface area contributed by atoms with Crippen LogP contribution in [0.4, 0.5) is 13.2 Å². The fourth-order valence-corrected chi connectivity index (χ4v) is 4.24. The fraction of sp³-hybridized carbons (Fsp3) is 0.161. The van der Waals surface area contributed by atoms with Gasteiger partial charge in [-0.05, 0) is 86.3 Å². The SMILES string of the molecule is Cc1cccc(Oc2cc(C)c(C=O)c(O)c2)c1.Cc1cccc(Oc2cc(C)c(C=O)c(OS(=O)(=O)C(F)(F)F)c2)c1. The number of phenols is 1. The van der Waals surface area contributed by atoms with E-state index in [4.69, 9.17) is 9.47 Å². The average Bonchev–Trinajstić information content (AvgIpc) is 2.88. The van der Waals surface area contributed by atoms with Gasteiger partial charge in [-0.3, -0.25) is 9.59 Å². The number of carbonyl (C=O) groups is 2. The Balaban J connectivity index is 0.000000248. The van der Waals surface area contributed by atoms with Gasteiger partial charge in [-0.1, -0.05) is 24.3 Å². The number of aromatic hydroxyl groups is 1. The largest absolute Gasteiger partial charge is 0.534 e. The van der Waals surface area contributed by atoms with Crippen LogP contribution in [-0.4, -0.2) is 31.6 Å². The van der Waals surface area contributed by atoms with E-state index >= 15 is 0 Å². The lowest BCUT2D eigenvalue weighted by Gasteiger charge is -2.14. The van der Waals surface area contributed by atoms with Crippen molar-refractivity contribution in [2.45, 2.75) is 33.2 Å². The van der Waals surface area contributed by atoms with Gasteiger partial charge >= 0.3 is 15.6 Å². The van der Waals surface area contributed by atoms with Gasteiger partial charge in [0.25, 0.3) is 0 Å². The Hall–Kier alpha value is -4.84. The van der Waals surface area contributed by atoms with Crippen LogP contribution in [0.25, 0.3) is 0 Å². The molecule has 226 valence electrons. The summed E-state index contributed by atoms with van der Waals surface area (Å²) in [6, 6.07) is 19.9. The van der Waals surface area contributed by atoms with Gasteiger partial charge in [0.05, 0.1) is 11.1 Å². The molecule has 0 aromatic heterocycles. The number of carbonyl (C=O) groups excluding carboxylic acids is 2. The number of alkyl halides is 3. The number of aldehydes is 2. The van der Waals surface area contributed by atoms with Crippen LogP contribution < -0.4 is 13.7 Å². The lowest BCUT2D eigenvalue weighted by molar-refractivity contribution is -0.0500. The molecule has 0 radical (unpaired) electrons. The first-order valence-electron chi connectivity index (χ1n) is 12.5. The number of phenolic OH excluding ortho intramolecular Hbond substituents is 1. The Morgan fingerprint density at radius 3 is 1.56 bits per heavy atom. The Bertz CT molecular complexity index is 1730. The van der Waals surface area contributed by atoms with Crippen molar-refractivity contribution in [1.29, 1.82) is 0 Å². The Kier molecular flexibility index (Phi) is 10.2. The van der Waals surface area contributed by atoms with Crippen molar-refractivity contribution in [2.75, 3.05) is 0 Å².